The highest BCUT2D eigenvalue weighted by Crippen LogP contribution is 2.25. The molecule has 0 bridgehead atoms. The van der Waals surface area contributed by atoms with Crippen molar-refractivity contribution >= 4 is 23.2 Å². The SMILES string of the molecule is Cc1c(O)cccc1NC(=O)c1ccccc1Cl. The normalized spacial score (nSPS) is 10.1. The molecule has 1 amide bonds. The van der Waals surface area contributed by atoms with E-state index in [4.69, 9.17) is 11.6 Å². The molecule has 0 spiro atoms. The molecule has 0 unspecified atom stereocenters. The number of anilines is 1. The van der Waals surface area contributed by atoms with Crippen molar-refractivity contribution in [3.05, 3.63) is 58.6 Å². The fourth-order valence-corrected chi connectivity index (χ4v) is 1.82. The highest BCUT2D eigenvalue weighted by molar-refractivity contribution is 6.34. The third kappa shape index (κ3) is 2.46. The minimum Gasteiger partial charge on any atom is -0.508 e. The number of halogens is 1. The van der Waals surface area contributed by atoms with Crippen LogP contribution in [0.5, 0.6) is 5.75 Å². The van der Waals surface area contributed by atoms with E-state index in [2.05, 4.69) is 5.32 Å². The van der Waals surface area contributed by atoms with Crippen LogP contribution >= 0.6 is 11.6 Å². The van der Waals surface area contributed by atoms with Crippen molar-refractivity contribution in [2.24, 2.45) is 0 Å². The lowest BCUT2D eigenvalue weighted by Gasteiger charge is -2.10. The monoisotopic (exact) mass is 261 g/mol. The number of rotatable bonds is 2. The first-order valence-electron chi connectivity index (χ1n) is 5.44. The van der Waals surface area contributed by atoms with Gasteiger partial charge in [0.05, 0.1) is 10.6 Å². The Morgan fingerprint density at radius 1 is 1.17 bits per heavy atom. The van der Waals surface area contributed by atoms with E-state index in [0.29, 0.717) is 21.8 Å². The third-order valence-corrected chi connectivity index (χ3v) is 3.00. The van der Waals surface area contributed by atoms with Crippen molar-refractivity contribution < 1.29 is 9.90 Å². The van der Waals surface area contributed by atoms with Crippen molar-refractivity contribution in [1.82, 2.24) is 0 Å². The smallest absolute Gasteiger partial charge is 0.257 e. The molecule has 0 saturated heterocycles. The molecule has 0 aliphatic rings. The maximum atomic E-state index is 12.0. The molecule has 2 N–H and O–H groups in total. The number of hydrogen-bond acceptors (Lipinski definition) is 2. The van der Waals surface area contributed by atoms with E-state index in [9.17, 15) is 9.90 Å². The fraction of sp³-hybridized carbons (Fsp3) is 0.0714. The van der Waals surface area contributed by atoms with Crippen molar-refractivity contribution in [3.63, 3.8) is 0 Å². The summed E-state index contributed by atoms with van der Waals surface area (Å²) in [5.74, 6) is -0.152. The molecule has 0 atom stereocenters. The Morgan fingerprint density at radius 3 is 2.61 bits per heavy atom. The van der Waals surface area contributed by atoms with Crippen LogP contribution < -0.4 is 5.32 Å². The molecule has 0 heterocycles. The second kappa shape index (κ2) is 5.10. The lowest BCUT2D eigenvalue weighted by Crippen LogP contribution is -2.13. The van der Waals surface area contributed by atoms with Gasteiger partial charge in [0.25, 0.3) is 5.91 Å². The first-order valence-corrected chi connectivity index (χ1v) is 5.82. The van der Waals surface area contributed by atoms with Crippen molar-refractivity contribution in [2.45, 2.75) is 6.92 Å². The molecule has 2 aromatic carbocycles. The lowest BCUT2D eigenvalue weighted by molar-refractivity contribution is 0.102. The lowest BCUT2D eigenvalue weighted by atomic mass is 10.1. The third-order valence-electron chi connectivity index (χ3n) is 2.67. The van der Waals surface area contributed by atoms with Crippen LogP contribution in [0.3, 0.4) is 0 Å². The van der Waals surface area contributed by atoms with Crippen LogP contribution in [0.25, 0.3) is 0 Å². The van der Waals surface area contributed by atoms with Gasteiger partial charge in [-0.05, 0) is 31.2 Å². The van der Waals surface area contributed by atoms with Gasteiger partial charge in [-0.1, -0.05) is 29.8 Å². The largest absolute Gasteiger partial charge is 0.508 e. The number of phenols is 1. The predicted molar refractivity (Wildman–Crippen MR) is 72.2 cm³/mol. The van der Waals surface area contributed by atoms with E-state index in [1.807, 2.05) is 0 Å². The molecule has 0 fully saturated rings. The second-order valence-electron chi connectivity index (χ2n) is 3.88. The van der Waals surface area contributed by atoms with E-state index in [0.717, 1.165) is 0 Å². The molecule has 92 valence electrons. The molecular weight excluding hydrogens is 250 g/mol. The molecule has 2 aromatic rings. The number of aromatic hydroxyl groups is 1. The van der Waals surface area contributed by atoms with E-state index >= 15 is 0 Å². The van der Waals surface area contributed by atoms with Gasteiger partial charge in [-0.2, -0.15) is 0 Å². The van der Waals surface area contributed by atoms with Gasteiger partial charge in [-0.25, -0.2) is 0 Å². The summed E-state index contributed by atoms with van der Waals surface area (Å²) < 4.78 is 0. The first-order chi connectivity index (χ1) is 8.59. The summed E-state index contributed by atoms with van der Waals surface area (Å²) in [7, 11) is 0. The Bertz CT molecular complexity index is 596. The van der Waals surface area contributed by atoms with Crippen molar-refractivity contribution in [3.8, 4) is 5.75 Å². The predicted octanol–water partition coefficient (Wildman–Crippen LogP) is 3.61. The molecule has 18 heavy (non-hydrogen) atoms. The molecule has 0 saturated carbocycles. The number of hydrogen-bond donors (Lipinski definition) is 2. The van der Waals surface area contributed by atoms with Crippen LogP contribution in [-0.4, -0.2) is 11.0 Å². The van der Waals surface area contributed by atoms with Crippen molar-refractivity contribution in [2.75, 3.05) is 5.32 Å². The summed E-state index contributed by atoms with van der Waals surface area (Å²) in [4.78, 5) is 12.0. The zero-order valence-electron chi connectivity index (χ0n) is 9.77. The zero-order chi connectivity index (χ0) is 13.1. The molecule has 3 nitrogen and oxygen atoms in total. The van der Waals surface area contributed by atoms with E-state index in [1.54, 1.807) is 49.4 Å². The van der Waals surface area contributed by atoms with Crippen molar-refractivity contribution in [1.29, 1.82) is 0 Å². The summed E-state index contributed by atoms with van der Waals surface area (Å²) >= 11 is 5.95. The maximum absolute atomic E-state index is 12.0. The average Bonchev–Trinajstić information content (AvgIpc) is 2.35. The number of nitrogens with one attached hydrogen (secondary N) is 1. The van der Waals surface area contributed by atoms with Gasteiger partial charge in [0, 0.05) is 11.3 Å². The van der Waals surface area contributed by atoms with Crippen LogP contribution in [0, 0.1) is 6.92 Å². The Kier molecular flexibility index (Phi) is 3.53. The number of phenolic OH excluding ortho intramolecular Hbond substituents is 1. The molecule has 0 aliphatic carbocycles. The van der Waals surface area contributed by atoms with Crippen LogP contribution in [0.15, 0.2) is 42.5 Å². The number of amides is 1. The van der Waals surface area contributed by atoms with Crippen LogP contribution in [-0.2, 0) is 0 Å². The Labute approximate surface area is 110 Å². The van der Waals surface area contributed by atoms with Gasteiger partial charge in [0.2, 0.25) is 0 Å². The topological polar surface area (TPSA) is 49.3 Å². The maximum Gasteiger partial charge on any atom is 0.257 e. The van der Waals surface area contributed by atoms with Gasteiger partial charge >= 0.3 is 0 Å². The summed E-state index contributed by atoms with van der Waals surface area (Å²) in [5.41, 5.74) is 1.60. The van der Waals surface area contributed by atoms with E-state index in [1.165, 1.54) is 0 Å². The minimum absolute atomic E-state index is 0.145. The van der Waals surface area contributed by atoms with Crippen LogP contribution in [0.2, 0.25) is 5.02 Å². The molecule has 4 heteroatoms. The van der Waals surface area contributed by atoms with E-state index < -0.39 is 0 Å². The summed E-state index contributed by atoms with van der Waals surface area (Å²) in [6, 6.07) is 11.8. The first kappa shape index (κ1) is 12.5. The molecule has 2 rings (SSSR count). The summed E-state index contributed by atoms with van der Waals surface area (Å²) in [6.45, 7) is 1.73. The second-order valence-corrected chi connectivity index (χ2v) is 4.29. The number of carbonyl (C=O) groups is 1. The Balaban J connectivity index is 2.27. The van der Waals surface area contributed by atoms with E-state index in [-0.39, 0.29) is 11.7 Å². The molecule has 0 aromatic heterocycles. The highest BCUT2D eigenvalue weighted by Gasteiger charge is 2.11. The van der Waals surface area contributed by atoms with Crippen LogP contribution in [0.1, 0.15) is 15.9 Å². The van der Waals surface area contributed by atoms with Gasteiger partial charge in [0.15, 0.2) is 0 Å². The number of benzene rings is 2. The summed E-state index contributed by atoms with van der Waals surface area (Å²) in [5, 5.41) is 12.7. The quantitative estimate of drug-likeness (QED) is 0.868. The van der Waals surface area contributed by atoms with Crippen LogP contribution in [0.4, 0.5) is 5.69 Å². The Morgan fingerprint density at radius 2 is 1.89 bits per heavy atom. The number of carbonyl (C=O) groups excluding carboxylic acids is 1. The fourth-order valence-electron chi connectivity index (χ4n) is 1.59. The van der Waals surface area contributed by atoms with Gasteiger partial charge in [-0.15, -0.1) is 0 Å². The minimum atomic E-state index is -0.297. The average molecular weight is 262 g/mol. The highest BCUT2D eigenvalue weighted by atomic mass is 35.5. The van der Waals surface area contributed by atoms with Gasteiger partial charge in [0.1, 0.15) is 5.75 Å². The standard InChI is InChI=1S/C14H12ClNO2/c1-9-12(7-4-8-13(9)17)16-14(18)10-5-2-3-6-11(10)15/h2-8,17H,1H3,(H,16,18). The van der Waals surface area contributed by atoms with Gasteiger partial charge < -0.3 is 10.4 Å². The summed E-state index contributed by atoms with van der Waals surface area (Å²) in [6.07, 6.45) is 0. The van der Waals surface area contributed by atoms with Gasteiger partial charge in [-0.3, -0.25) is 4.79 Å². The molecule has 0 aliphatic heterocycles. The Hall–Kier alpha value is -2.00. The molecular formula is C14H12ClNO2. The zero-order valence-corrected chi connectivity index (χ0v) is 10.5. The molecule has 0 radical (unpaired) electrons.